The highest BCUT2D eigenvalue weighted by Gasteiger charge is 2.49. The second kappa shape index (κ2) is 11.9. The van der Waals surface area contributed by atoms with Crippen LogP contribution in [0, 0.1) is 11.8 Å². The van der Waals surface area contributed by atoms with Crippen molar-refractivity contribution in [2.75, 3.05) is 12.4 Å². The largest absolute Gasteiger partial charge is 0.390 e. The maximum atomic E-state index is 13.1. The summed E-state index contributed by atoms with van der Waals surface area (Å²) < 4.78 is 0. The topological polar surface area (TPSA) is 109 Å². The fraction of sp³-hybridized carbons (Fsp3) is 0.472. The van der Waals surface area contributed by atoms with E-state index in [-0.39, 0.29) is 11.8 Å². The molecule has 0 unspecified atom stereocenters. The lowest BCUT2D eigenvalue weighted by molar-refractivity contribution is -0.139. The Balaban J connectivity index is 1.12. The van der Waals surface area contributed by atoms with Gasteiger partial charge in [0.1, 0.15) is 5.82 Å². The summed E-state index contributed by atoms with van der Waals surface area (Å²) in [4.78, 5) is 32.4. The van der Waals surface area contributed by atoms with Crippen molar-refractivity contribution >= 4 is 17.6 Å². The Bertz CT molecular complexity index is 1450. The Morgan fingerprint density at radius 1 is 0.953 bits per heavy atom. The molecule has 226 valence electrons. The molecule has 43 heavy (non-hydrogen) atoms. The van der Waals surface area contributed by atoms with Gasteiger partial charge in [-0.1, -0.05) is 61.0 Å². The lowest BCUT2D eigenvalue weighted by atomic mass is 9.63. The summed E-state index contributed by atoms with van der Waals surface area (Å²) in [6.45, 7) is 1.83. The number of nitrogens with zero attached hydrogens (tertiary/aromatic N) is 2. The van der Waals surface area contributed by atoms with Crippen LogP contribution in [0.1, 0.15) is 76.7 Å². The van der Waals surface area contributed by atoms with E-state index in [1.807, 2.05) is 61.5 Å². The predicted octanol–water partition coefficient (Wildman–Crippen LogP) is 6.26. The molecular weight excluding hydrogens is 536 g/mol. The Kier molecular flexibility index (Phi) is 8.14. The Hall–Kier alpha value is -3.55. The maximum absolute atomic E-state index is 13.1. The summed E-state index contributed by atoms with van der Waals surface area (Å²) in [5.74, 6) is 1.39. The van der Waals surface area contributed by atoms with Gasteiger partial charge in [0.2, 0.25) is 11.8 Å². The van der Waals surface area contributed by atoms with E-state index in [9.17, 15) is 14.7 Å². The number of benzene rings is 2. The number of anilines is 1. The fourth-order valence-electron chi connectivity index (χ4n) is 7.42. The van der Waals surface area contributed by atoms with Crippen LogP contribution in [0.15, 0.2) is 66.9 Å². The van der Waals surface area contributed by atoms with Crippen molar-refractivity contribution in [2.45, 2.75) is 88.3 Å². The van der Waals surface area contributed by atoms with E-state index in [0.717, 1.165) is 66.3 Å². The van der Waals surface area contributed by atoms with E-state index in [4.69, 9.17) is 5.73 Å². The molecule has 3 aliphatic rings. The summed E-state index contributed by atoms with van der Waals surface area (Å²) in [7, 11) is 1.96. The first-order valence-electron chi connectivity index (χ1n) is 15.8. The zero-order chi connectivity index (χ0) is 30.2. The lowest BCUT2D eigenvalue weighted by Gasteiger charge is -2.49. The average molecular weight is 581 g/mol. The van der Waals surface area contributed by atoms with Crippen molar-refractivity contribution in [1.29, 1.82) is 0 Å². The van der Waals surface area contributed by atoms with Gasteiger partial charge in [0.25, 0.3) is 0 Å². The van der Waals surface area contributed by atoms with Crippen LogP contribution in [0.5, 0.6) is 0 Å². The summed E-state index contributed by atoms with van der Waals surface area (Å²) in [5, 5.41) is 13.3. The molecule has 7 nitrogen and oxygen atoms in total. The zero-order valence-corrected chi connectivity index (χ0v) is 25.4. The Morgan fingerprint density at radius 3 is 2.21 bits per heavy atom. The first kappa shape index (κ1) is 29.5. The van der Waals surface area contributed by atoms with Gasteiger partial charge >= 0.3 is 0 Å². The molecule has 2 aromatic carbocycles. The van der Waals surface area contributed by atoms with Gasteiger partial charge in [-0.15, -0.1) is 0 Å². The highest BCUT2D eigenvalue weighted by atomic mass is 16.3. The molecule has 0 saturated heterocycles. The molecule has 0 radical (unpaired) electrons. The van der Waals surface area contributed by atoms with Crippen LogP contribution < -0.4 is 11.1 Å². The standard InChI is InChI=1S/C36H44N4O3/c1-35(43)22-36(37,23-35)28-15-13-26(14-16-28)31-21-38-32(20-30(31)25-7-4-3-5-8-25)39-33(41)19-24-11-17-29(18-12-24)40(2)34(42)27-9-6-10-27/h3-5,7-8,13-16,20-21,24,27,29,43H,6,9-12,17-19,22-23,37H2,1-2H3,(H,38,39,41). The minimum absolute atomic E-state index is 0.0180. The highest BCUT2D eigenvalue weighted by Crippen LogP contribution is 2.46. The SMILES string of the molecule is CN(C(=O)C1CCC1)C1CCC(CC(=O)Nc2cc(-c3ccccc3)c(-c3ccc(C4(N)CC(C)(O)C4)cc3)cn2)CC1. The third kappa shape index (κ3) is 6.38. The predicted molar refractivity (Wildman–Crippen MR) is 170 cm³/mol. The van der Waals surface area contributed by atoms with Crippen LogP contribution in [-0.4, -0.2) is 45.5 Å². The van der Waals surface area contributed by atoms with Crippen molar-refractivity contribution in [3.8, 4) is 22.3 Å². The molecule has 1 aromatic heterocycles. The van der Waals surface area contributed by atoms with Crippen molar-refractivity contribution < 1.29 is 14.7 Å². The number of aromatic nitrogens is 1. The summed E-state index contributed by atoms with van der Waals surface area (Å²) >= 11 is 0. The van der Waals surface area contributed by atoms with Crippen molar-refractivity contribution in [3.63, 3.8) is 0 Å². The summed E-state index contributed by atoms with van der Waals surface area (Å²) in [6, 6.07) is 20.6. The van der Waals surface area contributed by atoms with Gasteiger partial charge < -0.3 is 21.1 Å². The number of hydrogen-bond donors (Lipinski definition) is 3. The molecular formula is C36H44N4O3. The number of nitrogens with two attached hydrogens (primary N) is 1. The normalized spacial score (nSPS) is 27.1. The molecule has 0 spiro atoms. The van der Waals surface area contributed by atoms with Crippen molar-refractivity contribution in [3.05, 3.63) is 72.4 Å². The van der Waals surface area contributed by atoms with Crippen LogP contribution in [-0.2, 0) is 15.1 Å². The monoisotopic (exact) mass is 580 g/mol. The van der Waals surface area contributed by atoms with Crippen LogP contribution in [0.2, 0.25) is 0 Å². The molecule has 2 amide bonds. The summed E-state index contributed by atoms with van der Waals surface area (Å²) in [5.41, 5.74) is 10.4. The van der Waals surface area contributed by atoms with Crippen molar-refractivity contribution in [1.82, 2.24) is 9.88 Å². The molecule has 3 aliphatic carbocycles. The molecule has 3 aromatic rings. The lowest BCUT2D eigenvalue weighted by Crippen LogP contribution is -2.58. The van der Waals surface area contributed by atoms with Gasteiger partial charge in [0.05, 0.1) is 5.60 Å². The van der Waals surface area contributed by atoms with E-state index in [0.29, 0.717) is 42.9 Å². The number of rotatable bonds is 8. The van der Waals surface area contributed by atoms with Gasteiger partial charge in [0.15, 0.2) is 0 Å². The smallest absolute Gasteiger partial charge is 0.225 e. The van der Waals surface area contributed by atoms with Gasteiger partial charge in [0, 0.05) is 42.7 Å². The number of amides is 2. The number of aliphatic hydroxyl groups is 1. The van der Waals surface area contributed by atoms with Gasteiger partial charge in [-0.3, -0.25) is 9.59 Å². The van der Waals surface area contributed by atoms with E-state index >= 15 is 0 Å². The van der Waals surface area contributed by atoms with Crippen LogP contribution in [0.25, 0.3) is 22.3 Å². The minimum atomic E-state index is -0.705. The number of carbonyl (C=O) groups excluding carboxylic acids is 2. The Labute approximate surface area is 254 Å². The van der Waals surface area contributed by atoms with E-state index in [1.165, 1.54) is 6.42 Å². The quantitative estimate of drug-likeness (QED) is 0.291. The molecule has 1 heterocycles. The van der Waals surface area contributed by atoms with Crippen LogP contribution >= 0.6 is 0 Å². The number of carbonyl (C=O) groups is 2. The molecule has 3 saturated carbocycles. The van der Waals surface area contributed by atoms with Crippen LogP contribution in [0.4, 0.5) is 5.82 Å². The van der Waals surface area contributed by atoms with Gasteiger partial charge in [-0.05, 0) is 92.5 Å². The third-order valence-electron chi connectivity index (χ3n) is 10.1. The van der Waals surface area contributed by atoms with Gasteiger partial charge in [-0.2, -0.15) is 0 Å². The van der Waals surface area contributed by atoms with Crippen molar-refractivity contribution in [2.24, 2.45) is 17.6 Å². The number of hydrogen-bond acceptors (Lipinski definition) is 5. The first-order chi connectivity index (χ1) is 20.6. The van der Waals surface area contributed by atoms with E-state index < -0.39 is 11.1 Å². The third-order valence-corrected chi connectivity index (χ3v) is 10.1. The van der Waals surface area contributed by atoms with Crippen LogP contribution in [0.3, 0.4) is 0 Å². The Morgan fingerprint density at radius 2 is 1.60 bits per heavy atom. The van der Waals surface area contributed by atoms with E-state index in [2.05, 4.69) is 34.6 Å². The molecule has 0 bridgehead atoms. The zero-order valence-electron chi connectivity index (χ0n) is 25.4. The highest BCUT2D eigenvalue weighted by molar-refractivity contribution is 5.92. The first-order valence-corrected chi connectivity index (χ1v) is 15.8. The minimum Gasteiger partial charge on any atom is -0.390 e. The molecule has 0 atom stereocenters. The summed E-state index contributed by atoms with van der Waals surface area (Å²) in [6.07, 6.45) is 10.5. The molecule has 6 rings (SSSR count). The fourth-order valence-corrected chi connectivity index (χ4v) is 7.42. The molecule has 4 N–H and O–H groups in total. The van der Waals surface area contributed by atoms with Gasteiger partial charge in [-0.25, -0.2) is 4.98 Å². The molecule has 0 aliphatic heterocycles. The average Bonchev–Trinajstić information content (AvgIpc) is 2.96. The maximum Gasteiger partial charge on any atom is 0.225 e. The van der Waals surface area contributed by atoms with E-state index in [1.54, 1.807) is 0 Å². The second-order valence-electron chi connectivity index (χ2n) is 13.6. The molecule has 7 heteroatoms. The molecule has 3 fully saturated rings. The second-order valence-corrected chi connectivity index (χ2v) is 13.6. The number of pyridine rings is 1. The number of nitrogens with one attached hydrogen (secondary N) is 1.